The maximum absolute atomic E-state index is 5.36. The summed E-state index contributed by atoms with van der Waals surface area (Å²) >= 11 is 1.38. The molecule has 1 fully saturated rings. The minimum absolute atomic E-state index is 0.514. The summed E-state index contributed by atoms with van der Waals surface area (Å²) in [6, 6.07) is 1.92. The van der Waals surface area contributed by atoms with Crippen LogP contribution in [-0.4, -0.2) is 26.7 Å². The highest BCUT2D eigenvalue weighted by Crippen LogP contribution is 2.39. The molecule has 0 saturated heterocycles. The van der Waals surface area contributed by atoms with E-state index >= 15 is 0 Å². The van der Waals surface area contributed by atoms with Crippen LogP contribution in [0.15, 0.2) is 20.7 Å². The van der Waals surface area contributed by atoms with Crippen LogP contribution in [0.3, 0.4) is 0 Å². The zero-order valence-corrected chi connectivity index (χ0v) is 11.7. The first-order valence-electron chi connectivity index (χ1n) is 6.35. The fourth-order valence-electron chi connectivity index (χ4n) is 1.70. The second-order valence-electron chi connectivity index (χ2n) is 4.44. The van der Waals surface area contributed by atoms with E-state index in [-0.39, 0.29) is 0 Å². The predicted octanol–water partition coefficient (Wildman–Crippen LogP) is 2.63. The van der Waals surface area contributed by atoms with Crippen LogP contribution in [0.25, 0.3) is 0 Å². The molecule has 3 rings (SSSR count). The number of rotatable bonds is 5. The molecular weight excluding hydrogens is 262 g/mol. The molecule has 0 bridgehead atoms. The highest BCUT2D eigenvalue weighted by molar-refractivity contribution is 7.99. The lowest BCUT2D eigenvalue weighted by Crippen LogP contribution is -2.03. The Hall–Kier alpha value is -1.63. The third-order valence-electron chi connectivity index (χ3n) is 2.72. The van der Waals surface area contributed by atoms with Crippen LogP contribution in [0.1, 0.15) is 37.4 Å². The van der Waals surface area contributed by atoms with Crippen LogP contribution in [0.5, 0.6) is 0 Å². The van der Waals surface area contributed by atoms with Crippen molar-refractivity contribution in [1.82, 2.24) is 20.2 Å². The molecule has 0 atom stereocenters. The summed E-state index contributed by atoms with van der Waals surface area (Å²) in [4.78, 5) is 9.10. The number of aryl methyl sites for hydroxylation is 1. The number of hydrogen-bond acceptors (Lipinski definition) is 7. The molecule has 1 aliphatic carbocycles. The monoisotopic (exact) mass is 277 g/mol. The van der Waals surface area contributed by atoms with Crippen LogP contribution in [-0.2, 0) is 0 Å². The van der Waals surface area contributed by atoms with E-state index in [1.54, 1.807) is 6.92 Å². The molecule has 1 saturated carbocycles. The minimum Gasteiger partial charge on any atom is -0.416 e. The fourth-order valence-corrected chi connectivity index (χ4v) is 2.43. The molecule has 1 N–H and O–H groups in total. The summed E-state index contributed by atoms with van der Waals surface area (Å²) < 4.78 is 5.36. The quantitative estimate of drug-likeness (QED) is 0.842. The molecule has 0 spiro atoms. The largest absolute Gasteiger partial charge is 0.416 e. The summed E-state index contributed by atoms with van der Waals surface area (Å²) in [5.74, 6) is 2.85. The van der Waals surface area contributed by atoms with Crippen molar-refractivity contribution < 1.29 is 4.42 Å². The summed E-state index contributed by atoms with van der Waals surface area (Å²) in [7, 11) is 0. The minimum atomic E-state index is 0.514. The molecular formula is C12H15N5OS. The summed E-state index contributed by atoms with van der Waals surface area (Å²) in [6.07, 6.45) is 2.36. The number of nitrogens with zero attached hydrogens (tertiary/aromatic N) is 4. The molecule has 100 valence electrons. The first-order valence-corrected chi connectivity index (χ1v) is 7.17. The van der Waals surface area contributed by atoms with Crippen LogP contribution >= 0.6 is 11.8 Å². The smallest absolute Gasteiger partial charge is 0.282 e. The van der Waals surface area contributed by atoms with Gasteiger partial charge in [-0.2, -0.15) is 0 Å². The normalized spacial score (nSPS) is 14.6. The highest BCUT2D eigenvalue weighted by Gasteiger charge is 2.27. The number of hydrogen-bond donors (Lipinski definition) is 1. The molecule has 6 nitrogen and oxygen atoms in total. The second-order valence-corrected chi connectivity index (χ2v) is 5.41. The van der Waals surface area contributed by atoms with E-state index in [0.29, 0.717) is 17.0 Å². The van der Waals surface area contributed by atoms with Crippen molar-refractivity contribution >= 4 is 17.6 Å². The SMILES string of the molecule is CCNc1cc(Sc2nnc(C)o2)nc(C2CC2)n1. The van der Waals surface area contributed by atoms with Gasteiger partial charge >= 0.3 is 0 Å². The van der Waals surface area contributed by atoms with Crippen molar-refractivity contribution in [2.24, 2.45) is 0 Å². The van der Waals surface area contributed by atoms with Gasteiger partial charge in [0.15, 0.2) is 0 Å². The van der Waals surface area contributed by atoms with Gasteiger partial charge in [-0.25, -0.2) is 9.97 Å². The Morgan fingerprint density at radius 2 is 2.21 bits per heavy atom. The van der Waals surface area contributed by atoms with Gasteiger partial charge in [-0.15, -0.1) is 10.2 Å². The number of anilines is 1. The predicted molar refractivity (Wildman–Crippen MR) is 71.3 cm³/mol. The number of aromatic nitrogens is 4. The maximum Gasteiger partial charge on any atom is 0.282 e. The van der Waals surface area contributed by atoms with E-state index in [4.69, 9.17) is 4.42 Å². The summed E-state index contributed by atoms with van der Waals surface area (Å²) in [5.41, 5.74) is 0. The summed E-state index contributed by atoms with van der Waals surface area (Å²) in [5, 5.41) is 12.4. The van der Waals surface area contributed by atoms with Gasteiger partial charge in [0.2, 0.25) is 5.89 Å². The topological polar surface area (TPSA) is 76.7 Å². The molecule has 0 aromatic carbocycles. The molecule has 0 aliphatic heterocycles. The molecule has 1 aliphatic rings. The number of nitrogens with one attached hydrogen (secondary N) is 1. The standard InChI is InChI=1S/C12H15N5OS/c1-3-13-9-6-10(15-11(14-9)8-4-5-8)19-12-17-16-7(2)18-12/h6,8H,3-5H2,1-2H3,(H,13,14,15). The zero-order chi connectivity index (χ0) is 13.2. The average molecular weight is 277 g/mol. The maximum atomic E-state index is 5.36. The molecule has 7 heteroatoms. The van der Waals surface area contributed by atoms with Crippen LogP contribution in [0.4, 0.5) is 5.82 Å². The first kappa shape index (κ1) is 12.4. The van der Waals surface area contributed by atoms with Gasteiger partial charge in [-0.3, -0.25) is 0 Å². The lowest BCUT2D eigenvalue weighted by Gasteiger charge is -2.06. The fraction of sp³-hybridized carbons (Fsp3) is 0.500. The van der Waals surface area contributed by atoms with Crippen LogP contribution in [0.2, 0.25) is 0 Å². The van der Waals surface area contributed by atoms with Gasteiger partial charge in [0.25, 0.3) is 5.22 Å². The Labute approximate surface area is 115 Å². The molecule has 2 aromatic heterocycles. The van der Waals surface area contributed by atoms with E-state index in [1.807, 2.05) is 13.0 Å². The molecule has 0 amide bonds. The second kappa shape index (κ2) is 5.16. The Balaban J connectivity index is 1.86. The molecule has 0 unspecified atom stereocenters. The van der Waals surface area contributed by atoms with E-state index in [1.165, 1.54) is 24.6 Å². The average Bonchev–Trinajstić information content (AvgIpc) is 3.14. The van der Waals surface area contributed by atoms with Gasteiger partial charge in [-0.1, -0.05) is 0 Å². The summed E-state index contributed by atoms with van der Waals surface area (Å²) in [6.45, 7) is 4.66. The van der Waals surface area contributed by atoms with E-state index in [9.17, 15) is 0 Å². The van der Waals surface area contributed by atoms with Crippen LogP contribution in [0, 0.1) is 6.92 Å². The van der Waals surface area contributed by atoms with Crippen molar-refractivity contribution in [3.63, 3.8) is 0 Å². The van der Waals surface area contributed by atoms with Crippen molar-refractivity contribution in [2.75, 3.05) is 11.9 Å². The van der Waals surface area contributed by atoms with E-state index in [2.05, 4.69) is 25.5 Å². The zero-order valence-electron chi connectivity index (χ0n) is 10.9. The van der Waals surface area contributed by atoms with Gasteiger partial charge in [0, 0.05) is 25.5 Å². The van der Waals surface area contributed by atoms with E-state index in [0.717, 1.165) is 23.2 Å². The van der Waals surface area contributed by atoms with Crippen LogP contribution < -0.4 is 5.32 Å². The first-order chi connectivity index (χ1) is 9.24. The van der Waals surface area contributed by atoms with Crippen molar-refractivity contribution in [2.45, 2.75) is 42.9 Å². The van der Waals surface area contributed by atoms with Crippen molar-refractivity contribution in [3.05, 3.63) is 17.8 Å². The van der Waals surface area contributed by atoms with Gasteiger partial charge in [-0.05, 0) is 31.5 Å². The van der Waals surface area contributed by atoms with Crippen molar-refractivity contribution in [1.29, 1.82) is 0 Å². The molecule has 2 heterocycles. The Morgan fingerprint density at radius 3 is 2.84 bits per heavy atom. The van der Waals surface area contributed by atoms with Gasteiger partial charge < -0.3 is 9.73 Å². The van der Waals surface area contributed by atoms with Crippen molar-refractivity contribution in [3.8, 4) is 0 Å². The van der Waals surface area contributed by atoms with Gasteiger partial charge in [0.05, 0.1) is 0 Å². The molecule has 2 aromatic rings. The molecule has 0 radical (unpaired) electrons. The lowest BCUT2D eigenvalue weighted by atomic mass is 10.4. The van der Waals surface area contributed by atoms with Gasteiger partial charge in [0.1, 0.15) is 16.7 Å². The Bertz CT molecular complexity index is 581. The Kier molecular flexibility index (Phi) is 3.37. The van der Waals surface area contributed by atoms with E-state index < -0.39 is 0 Å². The highest BCUT2D eigenvalue weighted by atomic mass is 32.2. The lowest BCUT2D eigenvalue weighted by molar-refractivity contribution is 0.429. The third-order valence-corrected chi connectivity index (χ3v) is 3.48. The third kappa shape index (κ3) is 3.04. The molecule has 19 heavy (non-hydrogen) atoms. The Morgan fingerprint density at radius 1 is 1.37 bits per heavy atom.